The molecule has 9 aromatic heterocycles. The van der Waals surface area contributed by atoms with Gasteiger partial charge in [0.05, 0.1) is 60.4 Å². The normalized spacial score (nSPS) is 11.7. The Morgan fingerprint density at radius 3 is 1.06 bits per heavy atom. The number of H-pyrrole nitrogens is 1. The Hall–Kier alpha value is -15.9. The Bertz CT molecular complexity index is 7730. The molecule has 0 saturated heterocycles. The molecule has 24 heteroatoms. The summed E-state index contributed by atoms with van der Waals surface area (Å²) in [5, 5.41) is 9.77. The summed E-state index contributed by atoms with van der Waals surface area (Å²) in [7, 11) is 15.5. The second-order valence-electron chi connectivity index (χ2n) is 31.1. The molecular formula is C99H81F6N18+9. The number of para-hydroxylation sites is 10. The molecule has 1 N–H and O–H groups in total. The van der Waals surface area contributed by atoms with Crippen molar-refractivity contribution in [3.8, 4) is 51.2 Å². The lowest BCUT2D eigenvalue weighted by atomic mass is 10.1. The van der Waals surface area contributed by atoms with Crippen molar-refractivity contribution in [1.29, 1.82) is 0 Å². The molecule has 0 fully saturated rings. The molecule has 0 aliphatic rings. The summed E-state index contributed by atoms with van der Waals surface area (Å²) in [4.78, 5) is 0. The number of rotatable bonds is 9. The van der Waals surface area contributed by atoms with E-state index in [9.17, 15) is 17.6 Å². The first kappa shape index (κ1) is 75.9. The van der Waals surface area contributed by atoms with Crippen LogP contribution in [0.15, 0.2) is 342 Å². The quantitative estimate of drug-likeness (QED) is 0.110. The lowest BCUT2D eigenvalue weighted by Crippen LogP contribution is -2.36. The number of hydrogen-bond donors (Lipinski definition) is 1. The highest BCUT2D eigenvalue weighted by molar-refractivity contribution is 6.09. The summed E-state index contributed by atoms with van der Waals surface area (Å²) in [6.07, 6.45) is 20.1. The molecule has 0 unspecified atom stereocenters. The number of nitrogens with zero attached hydrogens (tertiary/aromatic N) is 17. The van der Waals surface area contributed by atoms with Crippen molar-refractivity contribution in [3.63, 3.8) is 0 Å². The summed E-state index contributed by atoms with van der Waals surface area (Å²) in [5.74, 6) is -3.72. The predicted molar refractivity (Wildman–Crippen MR) is 460 cm³/mol. The van der Waals surface area contributed by atoms with Crippen LogP contribution in [0, 0.1) is 34.9 Å². The zero-order chi connectivity index (χ0) is 84.3. The average molecular weight is 1640 g/mol. The number of aryl methyl sites for hydroxylation is 8. The summed E-state index contributed by atoms with van der Waals surface area (Å²) >= 11 is 0. The van der Waals surface area contributed by atoms with E-state index in [0.717, 1.165) is 89.4 Å². The molecule has 18 nitrogen and oxygen atoms in total. The number of halogens is 6. The molecule has 123 heavy (non-hydrogen) atoms. The Balaban J connectivity index is 0.000000107. The van der Waals surface area contributed by atoms with Crippen molar-refractivity contribution in [2.75, 3.05) is 0 Å². The summed E-state index contributed by atoms with van der Waals surface area (Å²) < 4.78 is 124. The Morgan fingerprint density at radius 2 is 0.642 bits per heavy atom. The van der Waals surface area contributed by atoms with Crippen LogP contribution in [0.3, 0.4) is 0 Å². The number of aromatic nitrogens is 18. The van der Waals surface area contributed by atoms with Gasteiger partial charge in [0.15, 0.2) is 130 Å². The van der Waals surface area contributed by atoms with Crippen molar-refractivity contribution in [3.05, 3.63) is 377 Å². The van der Waals surface area contributed by atoms with Gasteiger partial charge in [-0.2, -0.15) is 40.8 Å². The smallest absolute Gasteiger partial charge is 0.304 e. The van der Waals surface area contributed by atoms with Gasteiger partial charge in [0.2, 0.25) is 50.0 Å². The van der Waals surface area contributed by atoms with Gasteiger partial charge in [0.1, 0.15) is 36.5 Å². The van der Waals surface area contributed by atoms with E-state index < -0.39 is 34.9 Å². The average Bonchev–Trinajstić information content (AvgIpc) is 1.58. The van der Waals surface area contributed by atoms with Gasteiger partial charge in [0, 0.05) is 47.2 Å². The number of hydrogen-bond acceptors (Lipinski definition) is 0. The third kappa shape index (κ3) is 13.1. The van der Waals surface area contributed by atoms with E-state index in [-0.39, 0.29) is 22.7 Å². The lowest BCUT2D eigenvalue weighted by molar-refractivity contribution is -0.774. The minimum absolute atomic E-state index is 0.115. The highest BCUT2D eigenvalue weighted by Crippen LogP contribution is 2.39. The molecule has 23 rings (SSSR count). The molecule has 0 saturated carbocycles. The first-order valence-electron chi connectivity index (χ1n) is 40.0. The molecular weight excluding hydrogens is 1560 g/mol. The third-order valence-electron chi connectivity index (χ3n) is 23.2. The number of nitrogens with one attached hydrogen (secondary N) is 1. The van der Waals surface area contributed by atoms with Gasteiger partial charge in [-0.15, -0.1) is 4.57 Å². The third-order valence-corrected chi connectivity index (χ3v) is 23.2. The van der Waals surface area contributed by atoms with E-state index in [1.807, 2.05) is 212 Å². The van der Waals surface area contributed by atoms with Crippen LogP contribution in [0.2, 0.25) is 0 Å². The highest BCUT2D eigenvalue weighted by Gasteiger charge is 2.34. The molecule has 23 aromatic rings. The molecule has 0 bridgehead atoms. The predicted octanol–water partition coefficient (Wildman–Crippen LogP) is 15.6. The van der Waals surface area contributed by atoms with Crippen LogP contribution in [0.5, 0.6) is 0 Å². The van der Waals surface area contributed by atoms with Crippen LogP contribution in [-0.2, 0) is 56.4 Å². The number of imidazole rings is 7. The molecule has 0 atom stereocenters. The second-order valence-corrected chi connectivity index (χ2v) is 31.1. The lowest BCUT2D eigenvalue weighted by Gasteiger charge is -2.14. The van der Waals surface area contributed by atoms with Gasteiger partial charge < -0.3 is 4.57 Å². The van der Waals surface area contributed by atoms with E-state index in [1.54, 1.807) is 104 Å². The van der Waals surface area contributed by atoms with Crippen molar-refractivity contribution < 1.29 is 67.6 Å². The van der Waals surface area contributed by atoms with Gasteiger partial charge in [-0.1, -0.05) is 140 Å². The molecule has 0 aliphatic carbocycles. The molecule has 14 aromatic carbocycles. The first-order valence-corrected chi connectivity index (χ1v) is 40.0. The topological polar surface area (TPSA) is 90.2 Å². The second kappa shape index (κ2) is 30.2. The fourth-order valence-corrected chi connectivity index (χ4v) is 17.3. The van der Waals surface area contributed by atoms with Crippen LogP contribution >= 0.6 is 0 Å². The standard InChI is InChI=1S/C34H25F2N5.C30H24N4.C22H18F2N4.C13H13F2N5/c1-37-20-39(28-17-9-7-15-26(28)37)30-19-31(40-21-38(2)27-16-8-10-18-29(27)40)33(36)34(32(30)35)41-24-13-5-3-11-22(24)23-12-4-6-14-25(23)41;1-31-19-33(29-16-23-10-5-3-8-21(23)14-27(29)31)25-12-7-13-26(18-25)34-20-32(2)28-15-22-9-4-6-11-24(22)17-30(28)34;1-25-13-27(19-9-5-3-7-17(19)25)21-12-22(16(24)11-15(21)23)28-14-26(2)18-8-4-6-10-20(18)28;1-17-3-4-19(8-17)12-6-13(11(15)5-10(12)14)20-7-16-18(2)9-20/h3-21H,1-2H3;3-20H,1-2H3;3-14H,1-2H3;3-9H,1-2H3/q4*+2/p+1. The van der Waals surface area contributed by atoms with Crippen molar-refractivity contribution in [1.82, 2.24) is 41.6 Å². The van der Waals surface area contributed by atoms with E-state index in [4.69, 9.17) is 0 Å². The van der Waals surface area contributed by atoms with Crippen LogP contribution in [0.4, 0.5) is 26.3 Å². The van der Waals surface area contributed by atoms with Gasteiger partial charge in [-0.25, -0.2) is 49.5 Å². The Morgan fingerprint density at radius 1 is 0.285 bits per heavy atom. The largest absolute Gasteiger partial charge is 0.350 e. The van der Waals surface area contributed by atoms with Crippen LogP contribution < -0.4 is 41.2 Å². The maximum atomic E-state index is 17.1. The molecule has 0 spiro atoms. The first-order chi connectivity index (χ1) is 59.8. The monoisotopic (exact) mass is 1640 g/mol. The van der Waals surface area contributed by atoms with Crippen molar-refractivity contribution in [2.45, 2.75) is 0 Å². The number of benzene rings is 14. The minimum Gasteiger partial charge on any atom is -0.304 e. The molecule has 0 aliphatic heterocycles. The van der Waals surface area contributed by atoms with Crippen LogP contribution in [0.25, 0.3) is 161 Å². The van der Waals surface area contributed by atoms with Gasteiger partial charge >= 0.3 is 12.7 Å². The summed E-state index contributed by atoms with van der Waals surface area (Å²) in [6.45, 7) is 0. The molecule has 9 heterocycles. The minimum atomic E-state index is -0.639. The maximum absolute atomic E-state index is 17.1. The Kier molecular flexibility index (Phi) is 18.6. The Labute approximate surface area is 699 Å². The van der Waals surface area contributed by atoms with Gasteiger partial charge in [-0.05, 0) is 128 Å². The van der Waals surface area contributed by atoms with E-state index in [0.29, 0.717) is 17.1 Å². The molecule has 600 valence electrons. The summed E-state index contributed by atoms with van der Waals surface area (Å²) in [5.41, 5.74) is 17.3. The molecule has 0 radical (unpaired) electrons. The highest BCUT2D eigenvalue weighted by atomic mass is 19.2. The summed E-state index contributed by atoms with van der Waals surface area (Å²) in [6, 6.07) is 88.1. The van der Waals surface area contributed by atoms with Gasteiger partial charge in [0.25, 0.3) is 0 Å². The number of aromatic amines is 1. The van der Waals surface area contributed by atoms with Crippen LogP contribution in [-0.4, -0.2) is 41.6 Å². The van der Waals surface area contributed by atoms with Crippen molar-refractivity contribution in [2.24, 2.45) is 56.4 Å². The van der Waals surface area contributed by atoms with E-state index in [1.165, 1.54) is 49.7 Å². The van der Waals surface area contributed by atoms with E-state index in [2.05, 4.69) is 147 Å². The fourth-order valence-electron chi connectivity index (χ4n) is 17.3. The zero-order valence-electron chi connectivity index (χ0n) is 68.2. The zero-order valence-corrected chi connectivity index (χ0v) is 68.2. The van der Waals surface area contributed by atoms with Gasteiger partial charge in [-0.3, -0.25) is 0 Å². The van der Waals surface area contributed by atoms with E-state index >= 15 is 8.78 Å². The van der Waals surface area contributed by atoms with Crippen LogP contribution in [0.1, 0.15) is 0 Å². The van der Waals surface area contributed by atoms with Crippen molar-refractivity contribution >= 4 is 110 Å². The number of fused-ring (bicyclic) bond motifs is 11. The maximum Gasteiger partial charge on any atom is 0.350 e. The molecule has 0 amide bonds. The fraction of sp³-hybridized carbons (Fsp3) is 0.0808. The SMILES string of the molecule is C[n+]1ccn(-c2cc(-[n+]3c[nH][n+](C)c3)c(F)cc2F)c1.C[n+]1cn(-c2cc(-n3c[n+](C)c4ccccc43)c(F)c(-n3c4ccccc4c4ccccc43)c2F)c2ccccc21.C[n+]1cn(-c2cc(-n3c[n+](C)c4ccccc43)c(F)cc2F)c2ccccc21.C[n+]1cn(-c2cccc(-n3c[n+](C)c4cc5ccccc5cc43)c2)c2cc3ccccc3cc21.